The highest BCUT2D eigenvalue weighted by molar-refractivity contribution is 6.30. The Morgan fingerprint density at radius 1 is 1.03 bits per heavy atom. The smallest absolute Gasteiger partial charge is 0.280 e. The summed E-state index contributed by atoms with van der Waals surface area (Å²) in [4.78, 5) is 16.4. The van der Waals surface area contributed by atoms with Gasteiger partial charge in [0.25, 0.3) is 5.91 Å². The molecule has 9 heteroatoms. The highest BCUT2D eigenvalue weighted by atomic mass is 35.5. The second-order valence-electron chi connectivity index (χ2n) is 7.13. The van der Waals surface area contributed by atoms with Crippen LogP contribution in [-0.2, 0) is 6.54 Å². The number of amides is 1. The number of nitrogens with one attached hydrogen (secondary N) is 2. The van der Waals surface area contributed by atoms with Crippen molar-refractivity contribution in [2.45, 2.75) is 44.4 Å². The van der Waals surface area contributed by atoms with E-state index in [4.69, 9.17) is 11.6 Å². The van der Waals surface area contributed by atoms with Gasteiger partial charge in [0.1, 0.15) is 5.82 Å². The number of hydrogen-bond donors (Lipinski definition) is 3. The molecule has 0 aromatic heterocycles. The molecule has 0 heterocycles. The first-order valence-electron chi connectivity index (χ1n) is 9.52. The quantitative estimate of drug-likeness (QED) is 0.498. The first kappa shape index (κ1) is 22.1. The van der Waals surface area contributed by atoms with Crippen LogP contribution in [0.4, 0.5) is 13.2 Å². The Morgan fingerprint density at radius 2 is 1.77 bits per heavy atom. The summed E-state index contributed by atoms with van der Waals surface area (Å²) in [5, 5.41) is 15.9. The normalized spacial score (nSPS) is 19.4. The molecule has 3 rings (SSSR count). The van der Waals surface area contributed by atoms with Crippen molar-refractivity contribution in [1.82, 2.24) is 10.6 Å². The summed E-state index contributed by atoms with van der Waals surface area (Å²) in [6.07, 6.45) is 2.18. The average molecular weight is 440 g/mol. The summed E-state index contributed by atoms with van der Waals surface area (Å²) >= 11 is 5.76. The van der Waals surface area contributed by atoms with Gasteiger partial charge in [-0.05, 0) is 56.0 Å². The standard InChI is InChI=1S/C21H21ClF3N3O2/c22-14-3-1-13(18(24)10-14)11-26-21(27-15-4-6-16(29)7-5-15)28-20(30)12-2-8-17(23)19(25)9-12/h1-3,8-10,15-16,29H,4-7,11H2,(H2,26,27,28,30)/t15-,16-. The summed E-state index contributed by atoms with van der Waals surface area (Å²) in [6.45, 7) is 0.0231. The van der Waals surface area contributed by atoms with Crippen molar-refractivity contribution >= 4 is 23.5 Å². The first-order chi connectivity index (χ1) is 14.3. The van der Waals surface area contributed by atoms with Crippen molar-refractivity contribution in [3.63, 3.8) is 0 Å². The zero-order valence-electron chi connectivity index (χ0n) is 16.0. The van der Waals surface area contributed by atoms with Crippen LogP contribution in [0.2, 0.25) is 5.02 Å². The van der Waals surface area contributed by atoms with Gasteiger partial charge in [0.15, 0.2) is 17.6 Å². The molecule has 1 aliphatic rings. The minimum Gasteiger partial charge on any atom is -0.393 e. The number of guanidine groups is 1. The van der Waals surface area contributed by atoms with Gasteiger partial charge in [-0.25, -0.2) is 13.2 Å². The number of aliphatic hydroxyl groups excluding tert-OH is 1. The molecule has 1 saturated carbocycles. The average Bonchev–Trinajstić information content (AvgIpc) is 2.70. The molecule has 2 aromatic carbocycles. The Labute approximate surface area is 177 Å². The number of carbonyl (C=O) groups is 1. The highest BCUT2D eigenvalue weighted by Gasteiger charge is 2.21. The lowest BCUT2D eigenvalue weighted by atomic mass is 9.93. The molecule has 5 nitrogen and oxygen atoms in total. The van der Waals surface area contributed by atoms with E-state index >= 15 is 0 Å². The molecule has 1 aliphatic carbocycles. The Bertz CT molecular complexity index is 947. The van der Waals surface area contributed by atoms with Crippen LogP contribution in [0.25, 0.3) is 0 Å². The molecule has 0 radical (unpaired) electrons. The Kier molecular flexibility index (Phi) is 7.33. The zero-order valence-corrected chi connectivity index (χ0v) is 16.7. The molecule has 1 fully saturated rings. The van der Waals surface area contributed by atoms with E-state index in [9.17, 15) is 23.1 Å². The third-order valence-electron chi connectivity index (χ3n) is 4.88. The van der Waals surface area contributed by atoms with Crippen LogP contribution in [0.15, 0.2) is 41.4 Å². The molecule has 30 heavy (non-hydrogen) atoms. The van der Waals surface area contributed by atoms with Crippen molar-refractivity contribution in [2.24, 2.45) is 4.99 Å². The summed E-state index contributed by atoms with van der Waals surface area (Å²) in [7, 11) is 0. The van der Waals surface area contributed by atoms with Crippen LogP contribution in [0.1, 0.15) is 41.6 Å². The van der Waals surface area contributed by atoms with Crippen molar-refractivity contribution in [2.75, 3.05) is 0 Å². The van der Waals surface area contributed by atoms with Gasteiger partial charge in [0.05, 0.1) is 6.10 Å². The molecule has 1 amide bonds. The SMILES string of the molecule is O=C(/N=C(/NCc1ccc(Cl)cc1F)N[C@H]1CC[C@H](O)CC1)c1ccc(F)c(F)c1. The molecular weight excluding hydrogens is 419 g/mol. The predicted octanol–water partition coefficient (Wildman–Crippen LogP) is 3.94. The lowest BCUT2D eigenvalue weighted by molar-refractivity contribution is 0.1000. The molecule has 0 spiro atoms. The van der Waals surface area contributed by atoms with E-state index in [-0.39, 0.29) is 35.2 Å². The first-order valence-corrected chi connectivity index (χ1v) is 9.90. The van der Waals surface area contributed by atoms with Crippen LogP contribution in [0, 0.1) is 17.5 Å². The lowest BCUT2D eigenvalue weighted by Gasteiger charge is -2.27. The van der Waals surface area contributed by atoms with E-state index in [1.54, 1.807) is 6.07 Å². The fourth-order valence-electron chi connectivity index (χ4n) is 3.18. The van der Waals surface area contributed by atoms with Crippen molar-refractivity contribution in [1.29, 1.82) is 0 Å². The summed E-state index contributed by atoms with van der Waals surface area (Å²) < 4.78 is 40.6. The van der Waals surface area contributed by atoms with Crippen molar-refractivity contribution in [3.05, 3.63) is 70.0 Å². The summed E-state index contributed by atoms with van der Waals surface area (Å²) in [6, 6.07) is 6.94. The van der Waals surface area contributed by atoms with Crippen LogP contribution < -0.4 is 10.6 Å². The Hall–Kier alpha value is -2.58. The largest absolute Gasteiger partial charge is 0.393 e. The predicted molar refractivity (Wildman–Crippen MR) is 108 cm³/mol. The zero-order chi connectivity index (χ0) is 21.7. The topological polar surface area (TPSA) is 73.7 Å². The monoisotopic (exact) mass is 439 g/mol. The molecular formula is C21H21ClF3N3O2. The highest BCUT2D eigenvalue weighted by Crippen LogP contribution is 2.19. The van der Waals surface area contributed by atoms with Crippen LogP contribution in [0.3, 0.4) is 0 Å². The van der Waals surface area contributed by atoms with Crippen LogP contribution in [0.5, 0.6) is 0 Å². The summed E-state index contributed by atoms with van der Waals surface area (Å²) in [5.74, 6) is -3.42. The number of nitrogens with zero attached hydrogens (tertiary/aromatic N) is 1. The summed E-state index contributed by atoms with van der Waals surface area (Å²) in [5.41, 5.74) is 0.194. The Balaban J connectivity index is 1.77. The minimum atomic E-state index is -1.15. The van der Waals surface area contributed by atoms with Crippen molar-refractivity contribution < 1.29 is 23.1 Å². The fraction of sp³-hybridized carbons (Fsp3) is 0.333. The molecule has 2 aromatic rings. The maximum Gasteiger partial charge on any atom is 0.280 e. The molecule has 0 bridgehead atoms. The number of aliphatic imine (C=N–C) groups is 1. The number of halogens is 4. The lowest BCUT2D eigenvalue weighted by Crippen LogP contribution is -2.45. The van der Waals surface area contributed by atoms with Gasteiger partial charge in [-0.15, -0.1) is 0 Å². The molecule has 0 unspecified atom stereocenters. The van der Waals surface area contributed by atoms with Gasteiger partial charge in [0.2, 0.25) is 0 Å². The third-order valence-corrected chi connectivity index (χ3v) is 5.11. The molecule has 0 aliphatic heterocycles. The number of aliphatic hydroxyl groups is 1. The van der Waals surface area contributed by atoms with Gasteiger partial charge in [-0.3, -0.25) is 4.79 Å². The molecule has 0 saturated heterocycles. The van der Waals surface area contributed by atoms with E-state index in [1.807, 2.05) is 0 Å². The third kappa shape index (κ3) is 5.96. The molecule has 3 N–H and O–H groups in total. The van der Waals surface area contributed by atoms with Gasteiger partial charge in [-0.2, -0.15) is 4.99 Å². The second-order valence-corrected chi connectivity index (χ2v) is 7.57. The Morgan fingerprint density at radius 3 is 2.43 bits per heavy atom. The van der Waals surface area contributed by atoms with E-state index in [0.29, 0.717) is 31.2 Å². The van der Waals surface area contributed by atoms with Gasteiger partial charge >= 0.3 is 0 Å². The molecule has 0 atom stereocenters. The maximum absolute atomic E-state index is 14.1. The van der Waals surface area contributed by atoms with E-state index in [0.717, 1.165) is 18.2 Å². The van der Waals surface area contributed by atoms with E-state index in [1.165, 1.54) is 12.1 Å². The van der Waals surface area contributed by atoms with E-state index in [2.05, 4.69) is 15.6 Å². The van der Waals surface area contributed by atoms with Gasteiger partial charge in [0, 0.05) is 28.7 Å². The molecule has 160 valence electrons. The second kappa shape index (κ2) is 9.95. The fourth-order valence-corrected chi connectivity index (χ4v) is 3.33. The van der Waals surface area contributed by atoms with Crippen LogP contribution >= 0.6 is 11.6 Å². The van der Waals surface area contributed by atoms with Crippen LogP contribution in [-0.4, -0.2) is 29.1 Å². The number of carbonyl (C=O) groups excluding carboxylic acids is 1. The van der Waals surface area contributed by atoms with Gasteiger partial charge in [-0.1, -0.05) is 17.7 Å². The van der Waals surface area contributed by atoms with Crippen molar-refractivity contribution in [3.8, 4) is 0 Å². The number of hydrogen-bond acceptors (Lipinski definition) is 2. The minimum absolute atomic E-state index is 0.0231. The van der Waals surface area contributed by atoms with E-state index < -0.39 is 23.4 Å². The van der Waals surface area contributed by atoms with Gasteiger partial charge < -0.3 is 15.7 Å². The number of benzene rings is 2. The number of rotatable bonds is 4. The maximum atomic E-state index is 14.1.